The Hall–Kier alpha value is -2.84. The number of aromatic amines is 1. The first-order valence-corrected chi connectivity index (χ1v) is 11.0. The molecule has 0 saturated carbocycles. The Labute approximate surface area is 189 Å². The molecule has 1 aromatic heterocycles. The molecular weight excluding hydrogens is 436 g/mol. The van der Waals surface area contributed by atoms with Crippen molar-refractivity contribution in [3.63, 3.8) is 0 Å². The molecule has 160 valence electrons. The zero-order valence-corrected chi connectivity index (χ0v) is 18.3. The third kappa shape index (κ3) is 3.93. The van der Waals surface area contributed by atoms with Gasteiger partial charge in [0.1, 0.15) is 19.8 Å². The maximum Gasteiger partial charge on any atom is 0.243 e. The molecule has 0 radical (unpaired) electrons. The predicted octanol–water partition coefficient (Wildman–Crippen LogP) is 4.40. The van der Waals surface area contributed by atoms with Crippen molar-refractivity contribution < 1.29 is 14.3 Å². The molecule has 1 saturated heterocycles. The summed E-state index contributed by atoms with van der Waals surface area (Å²) >= 11 is 11.4. The summed E-state index contributed by atoms with van der Waals surface area (Å²) in [7, 11) is 0. The average molecular weight is 457 g/mol. The molecule has 2 aliphatic heterocycles. The quantitative estimate of drug-likeness (QED) is 0.589. The van der Waals surface area contributed by atoms with Crippen molar-refractivity contribution >= 4 is 29.7 Å². The van der Waals surface area contributed by atoms with E-state index in [-0.39, 0.29) is 18.5 Å². The SMILES string of the molecule is O=C(Cn1c(-c2ccc(Cl)cc2)n[nH]c1=S)N1CCC[C@H]1c1ccc2c(c1)OCCO2. The molecule has 3 heterocycles. The molecule has 0 unspecified atom stereocenters. The van der Waals surface area contributed by atoms with Crippen molar-refractivity contribution in [1.29, 1.82) is 0 Å². The summed E-state index contributed by atoms with van der Waals surface area (Å²) in [6, 6.07) is 13.3. The van der Waals surface area contributed by atoms with Crippen molar-refractivity contribution in [2.45, 2.75) is 25.4 Å². The largest absolute Gasteiger partial charge is 0.486 e. The van der Waals surface area contributed by atoms with Gasteiger partial charge in [-0.15, -0.1) is 0 Å². The first-order valence-electron chi connectivity index (χ1n) is 10.2. The molecule has 1 N–H and O–H groups in total. The van der Waals surface area contributed by atoms with Crippen LogP contribution in [0.25, 0.3) is 11.4 Å². The highest BCUT2D eigenvalue weighted by Crippen LogP contribution is 2.38. The molecule has 5 rings (SSSR count). The monoisotopic (exact) mass is 456 g/mol. The lowest BCUT2D eigenvalue weighted by Crippen LogP contribution is -2.33. The second-order valence-electron chi connectivity index (χ2n) is 7.59. The Morgan fingerprint density at radius 1 is 1.16 bits per heavy atom. The molecule has 0 aliphatic carbocycles. The molecule has 9 heteroatoms. The number of carbonyl (C=O) groups excluding carboxylic acids is 1. The van der Waals surface area contributed by atoms with Crippen LogP contribution in [0.1, 0.15) is 24.4 Å². The lowest BCUT2D eigenvalue weighted by Gasteiger charge is -2.27. The Kier molecular flexibility index (Phi) is 5.41. The number of nitrogens with one attached hydrogen (secondary N) is 1. The van der Waals surface area contributed by atoms with Gasteiger partial charge >= 0.3 is 0 Å². The number of fused-ring (bicyclic) bond motifs is 1. The lowest BCUT2D eigenvalue weighted by molar-refractivity contribution is -0.132. The van der Waals surface area contributed by atoms with E-state index in [2.05, 4.69) is 10.2 Å². The highest BCUT2D eigenvalue weighted by molar-refractivity contribution is 7.71. The van der Waals surface area contributed by atoms with Crippen molar-refractivity contribution in [3.05, 3.63) is 57.8 Å². The molecule has 0 bridgehead atoms. The number of ether oxygens (including phenoxy) is 2. The minimum atomic E-state index is 0.00313. The second-order valence-corrected chi connectivity index (χ2v) is 8.42. The van der Waals surface area contributed by atoms with Gasteiger partial charge in [-0.3, -0.25) is 14.5 Å². The van der Waals surface area contributed by atoms with Crippen molar-refractivity contribution in [1.82, 2.24) is 19.7 Å². The number of rotatable bonds is 4. The molecule has 1 fully saturated rings. The number of nitrogens with zero attached hydrogens (tertiary/aromatic N) is 3. The zero-order chi connectivity index (χ0) is 21.4. The standard InChI is InChI=1S/C22H21ClN4O3S/c23-16-6-3-14(4-7-16)21-24-25-22(31)27(21)13-20(28)26-9-1-2-17(26)15-5-8-18-19(12-15)30-11-10-29-18/h3-8,12,17H,1-2,9-11,13H2,(H,25,31)/t17-/m0/s1. The van der Waals surface area contributed by atoms with Crippen LogP contribution in [0.2, 0.25) is 5.02 Å². The Balaban J connectivity index is 1.39. The minimum absolute atomic E-state index is 0.00313. The van der Waals surface area contributed by atoms with E-state index < -0.39 is 0 Å². The van der Waals surface area contributed by atoms with Gasteiger partial charge in [-0.25, -0.2) is 0 Å². The first-order chi connectivity index (χ1) is 15.1. The van der Waals surface area contributed by atoms with Crippen LogP contribution < -0.4 is 9.47 Å². The summed E-state index contributed by atoms with van der Waals surface area (Å²) in [6.45, 7) is 1.92. The number of benzene rings is 2. The van der Waals surface area contributed by atoms with Gasteiger partial charge < -0.3 is 14.4 Å². The number of amides is 1. The summed E-state index contributed by atoms with van der Waals surface area (Å²) < 4.78 is 13.5. The van der Waals surface area contributed by atoms with Crippen LogP contribution in [0.3, 0.4) is 0 Å². The summed E-state index contributed by atoms with van der Waals surface area (Å²) in [5.74, 6) is 2.11. The van der Waals surface area contributed by atoms with Crippen LogP contribution >= 0.6 is 23.8 Å². The number of aromatic nitrogens is 3. The number of hydrogen-bond donors (Lipinski definition) is 1. The molecule has 1 amide bonds. The van der Waals surface area contributed by atoms with Crippen LogP contribution in [0, 0.1) is 4.77 Å². The van der Waals surface area contributed by atoms with Crippen molar-refractivity contribution in [2.75, 3.05) is 19.8 Å². The van der Waals surface area contributed by atoms with E-state index in [0.29, 0.717) is 35.4 Å². The maximum absolute atomic E-state index is 13.3. The van der Waals surface area contributed by atoms with Crippen molar-refractivity contribution in [3.8, 4) is 22.9 Å². The molecule has 3 aromatic rings. The molecule has 0 spiro atoms. The average Bonchev–Trinajstić information content (AvgIpc) is 3.42. The topological polar surface area (TPSA) is 72.4 Å². The summed E-state index contributed by atoms with van der Waals surface area (Å²) in [4.78, 5) is 15.2. The third-order valence-corrected chi connectivity index (χ3v) is 6.24. The fraction of sp³-hybridized carbons (Fsp3) is 0.318. The van der Waals surface area contributed by atoms with Gasteiger partial charge in [0.2, 0.25) is 5.91 Å². The summed E-state index contributed by atoms with van der Waals surface area (Å²) in [5, 5.41) is 7.77. The molecule has 1 atom stereocenters. The van der Waals surface area contributed by atoms with Gasteiger partial charge in [0, 0.05) is 17.1 Å². The highest BCUT2D eigenvalue weighted by Gasteiger charge is 2.31. The molecule has 7 nitrogen and oxygen atoms in total. The van der Waals surface area contributed by atoms with Gasteiger partial charge in [0.25, 0.3) is 0 Å². The summed E-state index contributed by atoms with van der Waals surface area (Å²) in [6.07, 6.45) is 1.86. The normalized spacial score (nSPS) is 17.7. The molecule has 2 aromatic carbocycles. The van der Waals surface area contributed by atoms with E-state index in [9.17, 15) is 4.79 Å². The van der Waals surface area contributed by atoms with E-state index in [1.165, 1.54) is 0 Å². The fourth-order valence-electron chi connectivity index (χ4n) is 4.19. The molecule has 2 aliphatic rings. The van der Waals surface area contributed by atoms with Crippen LogP contribution in [0.4, 0.5) is 0 Å². The lowest BCUT2D eigenvalue weighted by atomic mass is 10.0. The van der Waals surface area contributed by atoms with Gasteiger partial charge in [-0.1, -0.05) is 17.7 Å². The smallest absolute Gasteiger partial charge is 0.243 e. The Morgan fingerprint density at radius 3 is 2.74 bits per heavy atom. The number of H-pyrrole nitrogens is 1. The van der Waals surface area contributed by atoms with Gasteiger partial charge in [0.15, 0.2) is 22.1 Å². The third-order valence-electron chi connectivity index (χ3n) is 5.68. The number of carbonyl (C=O) groups is 1. The molecular formula is C22H21ClN4O3S. The highest BCUT2D eigenvalue weighted by atomic mass is 35.5. The van der Waals surface area contributed by atoms with Crippen LogP contribution in [0.5, 0.6) is 11.5 Å². The summed E-state index contributed by atoms with van der Waals surface area (Å²) in [5.41, 5.74) is 1.90. The second kappa shape index (κ2) is 8.36. The first kappa shape index (κ1) is 20.1. The number of hydrogen-bond acceptors (Lipinski definition) is 5. The van der Waals surface area contributed by atoms with Gasteiger partial charge in [-0.2, -0.15) is 5.10 Å². The van der Waals surface area contributed by atoms with E-state index in [4.69, 9.17) is 33.3 Å². The predicted molar refractivity (Wildman–Crippen MR) is 119 cm³/mol. The Morgan fingerprint density at radius 2 is 1.94 bits per heavy atom. The van der Waals surface area contributed by atoms with E-state index in [0.717, 1.165) is 35.5 Å². The number of halogens is 1. The van der Waals surface area contributed by atoms with Crippen LogP contribution in [0.15, 0.2) is 42.5 Å². The van der Waals surface area contributed by atoms with Crippen molar-refractivity contribution in [2.24, 2.45) is 0 Å². The molecule has 31 heavy (non-hydrogen) atoms. The van der Waals surface area contributed by atoms with Gasteiger partial charge in [0.05, 0.1) is 6.04 Å². The minimum Gasteiger partial charge on any atom is -0.486 e. The number of likely N-dealkylation sites (tertiary alicyclic amines) is 1. The van der Waals surface area contributed by atoms with Crippen LogP contribution in [-0.4, -0.2) is 45.3 Å². The fourth-order valence-corrected chi connectivity index (χ4v) is 4.51. The van der Waals surface area contributed by atoms with E-state index in [1.54, 1.807) is 16.7 Å². The maximum atomic E-state index is 13.3. The van der Waals surface area contributed by atoms with E-state index in [1.807, 2.05) is 35.2 Å². The Bertz CT molecular complexity index is 1170. The zero-order valence-electron chi connectivity index (χ0n) is 16.7. The van der Waals surface area contributed by atoms with Gasteiger partial charge in [-0.05, 0) is 67.0 Å². The van der Waals surface area contributed by atoms with Crippen LogP contribution in [-0.2, 0) is 11.3 Å². The van der Waals surface area contributed by atoms with E-state index >= 15 is 0 Å².